The average molecular weight is 352 g/mol. The van der Waals surface area contributed by atoms with Crippen LogP contribution in [0.1, 0.15) is 29.9 Å². The van der Waals surface area contributed by atoms with Crippen LogP contribution in [-0.2, 0) is 11.3 Å². The van der Waals surface area contributed by atoms with E-state index in [0.717, 1.165) is 51.1 Å². The summed E-state index contributed by atoms with van der Waals surface area (Å²) in [6.07, 6.45) is 1.92. The predicted octanol–water partition coefficient (Wildman–Crippen LogP) is 3.66. The zero-order chi connectivity index (χ0) is 17.9. The molecular weight excluding hydrogens is 327 g/mol. The van der Waals surface area contributed by atoms with Crippen LogP contribution in [0, 0.1) is 11.7 Å². The second-order valence-corrected chi connectivity index (χ2v) is 7.44. The van der Waals surface area contributed by atoms with Gasteiger partial charge in [0.05, 0.1) is 0 Å². The van der Waals surface area contributed by atoms with Gasteiger partial charge in [0.1, 0.15) is 5.82 Å². The molecule has 1 saturated heterocycles. The van der Waals surface area contributed by atoms with Crippen molar-refractivity contribution in [2.75, 3.05) is 26.2 Å². The van der Waals surface area contributed by atoms with Gasteiger partial charge in [-0.2, -0.15) is 0 Å². The number of hydrogen-bond donors (Lipinski definition) is 0. The molecule has 1 aliphatic heterocycles. The molecule has 0 radical (unpaired) electrons. The molecule has 0 aromatic heterocycles. The molecule has 1 aliphatic carbocycles. The lowest BCUT2D eigenvalue weighted by Gasteiger charge is -2.22. The molecule has 136 valence electrons. The van der Waals surface area contributed by atoms with Crippen molar-refractivity contribution >= 4 is 5.91 Å². The van der Waals surface area contributed by atoms with Crippen LogP contribution >= 0.6 is 0 Å². The van der Waals surface area contributed by atoms with Gasteiger partial charge in [0.15, 0.2) is 0 Å². The minimum absolute atomic E-state index is 0.0844. The molecule has 4 rings (SSSR count). The third kappa shape index (κ3) is 3.96. The summed E-state index contributed by atoms with van der Waals surface area (Å²) in [7, 11) is 0. The summed E-state index contributed by atoms with van der Waals surface area (Å²) in [6.45, 7) is 4.55. The zero-order valence-corrected chi connectivity index (χ0v) is 15.0. The van der Waals surface area contributed by atoms with Gasteiger partial charge < -0.3 is 4.90 Å². The molecule has 0 spiro atoms. The minimum Gasteiger partial charge on any atom is -0.341 e. The molecule has 2 aliphatic rings. The first kappa shape index (κ1) is 17.2. The van der Waals surface area contributed by atoms with E-state index in [-0.39, 0.29) is 23.6 Å². The van der Waals surface area contributed by atoms with Crippen molar-refractivity contribution in [2.24, 2.45) is 5.92 Å². The molecule has 2 aromatic rings. The van der Waals surface area contributed by atoms with Crippen LogP contribution in [0.3, 0.4) is 0 Å². The number of amides is 1. The molecule has 2 atom stereocenters. The number of carbonyl (C=O) groups excluding carboxylic acids is 1. The van der Waals surface area contributed by atoms with Gasteiger partial charge in [-0.1, -0.05) is 42.5 Å². The molecule has 1 saturated carbocycles. The lowest BCUT2D eigenvalue weighted by Crippen LogP contribution is -2.36. The molecule has 0 bridgehead atoms. The summed E-state index contributed by atoms with van der Waals surface area (Å²) in [6, 6.07) is 17.1. The fraction of sp³-hybridized carbons (Fsp3) is 0.409. The summed E-state index contributed by atoms with van der Waals surface area (Å²) in [5.41, 5.74) is 2.41. The van der Waals surface area contributed by atoms with E-state index < -0.39 is 0 Å². The Labute approximate surface area is 154 Å². The molecule has 1 heterocycles. The first-order chi connectivity index (χ1) is 12.7. The Balaban J connectivity index is 1.31. The Kier molecular flexibility index (Phi) is 5.02. The maximum Gasteiger partial charge on any atom is 0.226 e. The molecule has 4 heteroatoms. The van der Waals surface area contributed by atoms with Crippen molar-refractivity contribution in [3.05, 3.63) is 71.5 Å². The smallest absolute Gasteiger partial charge is 0.226 e. The Morgan fingerprint density at radius 1 is 0.962 bits per heavy atom. The molecule has 1 amide bonds. The molecule has 2 fully saturated rings. The number of rotatable bonds is 4. The third-order valence-electron chi connectivity index (χ3n) is 5.55. The number of benzene rings is 2. The summed E-state index contributed by atoms with van der Waals surface area (Å²) in [5.74, 6) is 0.414. The maximum absolute atomic E-state index is 13.1. The van der Waals surface area contributed by atoms with E-state index in [9.17, 15) is 9.18 Å². The number of nitrogens with zero attached hydrogens (tertiary/aromatic N) is 2. The fourth-order valence-corrected chi connectivity index (χ4v) is 3.97. The summed E-state index contributed by atoms with van der Waals surface area (Å²) < 4.78 is 13.1. The minimum atomic E-state index is -0.219. The molecule has 3 nitrogen and oxygen atoms in total. The Morgan fingerprint density at radius 2 is 1.73 bits per heavy atom. The fourth-order valence-electron chi connectivity index (χ4n) is 3.97. The monoisotopic (exact) mass is 352 g/mol. The second-order valence-electron chi connectivity index (χ2n) is 7.44. The van der Waals surface area contributed by atoms with E-state index in [0.29, 0.717) is 0 Å². The SMILES string of the molecule is O=C(C1CC1c1ccc(F)cc1)N1CCCN(Cc2ccccc2)CC1. The van der Waals surface area contributed by atoms with E-state index >= 15 is 0 Å². The number of hydrogen-bond acceptors (Lipinski definition) is 2. The van der Waals surface area contributed by atoms with Crippen molar-refractivity contribution in [3.63, 3.8) is 0 Å². The molecule has 2 aromatic carbocycles. The van der Waals surface area contributed by atoms with Gasteiger partial charge in [0, 0.05) is 38.6 Å². The van der Waals surface area contributed by atoms with Gasteiger partial charge in [0.2, 0.25) is 5.91 Å². The topological polar surface area (TPSA) is 23.6 Å². The first-order valence-corrected chi connectivity index (χ1v) is 9.51. The van der Waals surface area contributed by atoms with Gasteiger partial charge >= 0.3 is 0 Å². The zero-order valence-electron chi connectivity index (χ0n) is 15.0. The van der Waals surface area contributed by atoms with E-state index in [4.69, 9.17) is 0 Å². The highest BCUT2D eigenvalue weighted by molar-refractivity contribution is 5.83. The third-order valence-corrected chi connectivity index (χ3v) is 5.55. The van der Waals surface area contributed by atoms with Crippen molar-refractivity contribution in [1.82, 2.24) is 9.80 Å². The summed E-state index contributed by atoms with van der Waals surface area (Å²) in [5, 5.41) is 0. The van der Waals surface area contributed by atoms with Crippen LogP contribution < -0.4 is 0 Å². The van der Waals surface area contributed by atoms with Crippen LogP contribution in [-0.4, -0.2) is 41.9 Å². The normalized spacial score (nSPS) is 23.5. The molecule has 26 heavy (non-hydrogen) atoms. The molecule has 2 unspecified atom stereocenters. The number of halogens is 1. The predicted molar refractivity (Wildman–Crippen MR) is 100 cm³/mol. The van der Waals surface area contributed by atoms with Crippen LogP contribution in [0.15, 0.2) is 54.6 Å². The van der Waals surface area contributed by atoms with Gasteiger partial charge in [-0.15, -0.1) is 0 Å². The van der Waals surface area contributed by atoms with E-state index in [1.807, 2.05) is 23.1 Å². The lowest BCUT2D eigenvalue weighted by molar-refractivity contribution is -0.132. The quantitative estimate of drug-likeness (QED) is 0.838. The summed E-state index contributed by atoms with van der Waals surface area (Å²) >= 11 is 0. The van der Waals surface area contributed by atoms with Crippen molar-refractivity contribution < 1.29 is 9.18 Å². The van der Waals surface area contributed by atoms with Gasteiger partial charge in [0.25, 0.3) is 0 Å². The average Bonchev–Trinajstić information content (AvgIpc) is 3.47. The maximum atomic E-state index is 13.1. The largest absolute Gasteiger partial charge is 0.341 e. The summed E-state index contributed by atoms with van der Waals surface area (Å²) in [4.78, 5) is 17.3. The van der Waals surface area contributed by atoms with Crippen LogP contribution in [0.2, 0.25) is 0 Å². The van der Waals surface area contributed by atoms with Gasteiger partial charge in [-0.25, -0.2) is 4.39 Å². The van der Waals surface area contributed by atoms with Crippen molar-refractivity contribution in [2.45, 2.75) is 25.3 Å². The van der Waals surface area contributed by atoms with Crippen LogP contribution in [0.5, 0.6) is 0 Å². The van der Waals surface area contributed by atoms with E-state index in [1.54, 1.807) is 0 Å². The first-order valence-electron chi connectivity index (χ1n) is 9.51. The molecular formula is C22H25FN2O. The van der Waals surface area contributed by atoms with E-state index in [1.165, 1.54) is 17.7 Å². The Morgan fingerprint density at radius 3 is 2.50 bits per heavy atom. The Bertz CT molecular complexity index is 746. The highest BCUT2D eigenvalue weighted by Crippen LogP contribution is 2.48. The van der Waals surface area contributed by atoms with Crippen molar-refractivity contribution in [1.29, 1.82) is 0 Å². The van der Waals surface area contributed by atoms with E-state index in [2.05, 4.69) is 29.2 Å². The highest BCUT2D eigenvalue weighted by Gasteiger charge is 2.45. The van der Waals surface area contributed by atoms with Crippen molar-refractivity contribution in [3.8, 4) is 0 Å². The van der Waals surface area contributed by atoms with Crippen LogP contribution in [0.25, 0.3) is 0 Å². The van der Waals surface area contributed by atoms with Crippen LogP contribution in [0.4, 0.5) is 4.39 Å². The Hall–Kier alpha value is -2.20. The highest BCUT2D eigenvalue weighted by atomic mass is 19.1. The lowest BCUT2D eigenvalue weighted by atomic mass is 10.1. The number of carbonyl (C=O) groups is 1. The van der Waals surface area contributed by atoms with Gasteiger partial charge in [-0.05, 0) is 42.0 Å². The molecule has 0 N–H and O–H groups in total. The second kappa shape index (κ2) is 7.58. The van der Waals surface area contributed by atoms with Gasteiger partial charge in [-0.3, -0.25) is 9.69 Å². The standard InChI is InChI=1S/C22H25FN2O/c23-19-9-7-18(8-10-19)20-15-21(20)22(26)25-12-4-11-24(13-14-25)16-17-5-2-1-3-6-17/h1-3,5-10,20-21H,4,11-16H2.